The van der Waals surface area contributed by atoms with Gasteiger partial charge in [0.15, 0.2) is 0 Å². The SMILES string of the molecule is CCN(Cc1ncc(C(=O)O)o1)c1ccccc1. The Labute approximate surface area is 105 Å². The zero-order chi connectivity index (χ0) is 13.0. The molecule has 0 aliphatic heterocycles. The summed E-state index contributed by atoms with van der Waals surface area (Å²) in [5.74, 6) is -0.830. The summed E-state index contributed by atoms with van der Waals surface area (Å²) >= 11 is 0. The molecule has 1 N–H and O–H groups in total. The van der Waals surface area contributed by atoms with Gasteiger partial charge in [-0.2, -0.15) is 0 Å². The van der Waals surface area contributed by atoms with Crippen molar-refractivity contribution in [3.05, 3.63) is 48.2 Å². The number of aromatic nitrogens is 1. The monoisotopic (exact) mass is 246 g/mol. The fourth-order valence-corrected chi connectivity index (χ4v) is 1.67. The molecular weight excluding hydrogens is 232 g/mol. The molecular formula is C13H14N2O3. The predicted molar refractivity (Wildman–Crippen MR) is 66.6 cm³/mol. The van der Waals surface area contributed by atoms with Gasteiger partial charge >= 0.3 is 5.97 Å². The first-order chi connectivity index (χ1) is 8.70. The van der Waals surface area contributed by atoms with Crippen molar-refractivity contribution >= 4 is 11.7 Å². The van der Waals surface area contributed by atoms with E-state index in [1.807, 2.05) is 37.3 Å². The van der Waals surface area contributed by atoms with Crippen LogP contribution < -0.4 is 4.90 Å². The molecule has 5 heteroatoms. The van der Waals surface area contributed by atoms with E-state index in [1.54, 1.807) is 0 Å². The third-order valence-corrected chi connectivity index (χ3v) is 2.59. The molecule has 0 fully saturated rings. The van der Waals surface area contributed by atoms with E-state index >= 15 is 0 Å². The normalized spacial score (nSPS) is 10.3. The maximum Gasteiger partial charge on any atom is 0.373 e. The second-order valence-corrected chi connectivity index (χ2v) is 3.77. The number of carboxylic acids is 1. The molecule has 2 aromatic rings. The highest BCUT2D eigenvalue weighted by atomic mass is 16.4. The molecule has 0 atom stereocenters. The Morgan fingerprint density at radius 1 is 1.39 bits per heavy atom. The summed E-state index contributed by atoms with van der Waals surface area (Å²) in [6.45, 7) is 3.26. The molecule has 0 spiro atoms. The van der Waals surface area contributed by atoms with E-state index in [9.17, 15) is 4.79 Å². The van der Waals surface area contributed by atoms with Crippen molar-refractivity contribution in [1.29, 1.82) is 0 Å². The van der Waals surface area contributed by atoms with Gasteiger partial charge in [0.05, 0.1) is 12.7 Å². The van der Waals surface area contributed by atoms with Crippen molar-refractivity contribution in [3.8, 4) is 0 Å². The highest BCUT2D eigenvalue weighted by molar-refractivity contribution is 5.83. The number of carbonyl (C=O) groups is 1. The predicted octanol–water partition coefficient (Wildman–Crippen LogP) is 2.40. The summed E-state index contributed by atoms with van der Waals surface area (Å²) in [7, 11) is 0. The number of hydrogen-bond acceptors (Lipinski definition) is 4. The number of hydrogen-bond donors (Lipinski definition) is 1. The average molecular weight is 246 g/mol. The van der Waals surface area contributed by atoms with Gasteiger partial charge in [-0.1, -0.05) is 18.2 Å². The minimum atomic E-state index is -1.10. The molecule has 18 heavy (non-hydrogen) atoms. The first kappa shape index (κ1) is 12.2. The van der Waals surface area contributed by atoms with Gasteiger partial charge in [0, 0.05) is 12.2 Å². The number of carboxylic acid groups (broad SMARTS) is 1. The second-order valence-electron chi connectivity index (χ2n) is 3.77. The maximum atomic E-state index is 10.7. The highest BCUT2D eigenvalue weighted by Crippen LogP contribution is 2.16. The fourth-order valence-electron chi connectivity index (χ4n) is 1.67. The summed E-state index contributed by atoms with van der Waals surface area (Å²) in [6, 6.07) is 9.84. The Morgan fingerprint density at radius 2 is 2.11 bits per heavy atom. The lowest BCUT2D eigenvalue weighted by Gasteiger charge is -2.21. The molecule has 0 aliphatic carbocycles. The van der Waals surface area contributed by atoms with Crippen LogP contribution in [0.25, 0.3) is 0 Å². The Bertz CT molecular complexity index is 522. The van der Waals surface area contributed by atoms with Crippen molar-refractivity contribution in [1.82, 2.24) is 4.98 Å². The molecule has 0 aliphatic rings. The fraction of sp³-hybridized carbons (Fsp3) is 0.231. The molecule has 0 radical (unpaired) electrons. The molecule has 5 nitrogen and oxygen atoms in total. The van der Waals surface area contributed by atoms with E-state index in [4.69, 9.17) is 9.52 Å². The third-order valence-electron chi connectivity index (χ3n) is 2.59. The zero-order valence-electron chi connectivity index (χ0n) is 10.0. The maximum absolute atomic E-state index is 10.7. The smallest absolute Gasteiger partial charge is 0.373 e. The lowest BCUT2D eigenvalue weighted by atomic mass is 10.3. The number of benzene rings is 1. The Hall–Kier alpha value is -2.30. The van der Waals surface area contributed by atoms with Crippen LogP contribution in [0.3, 0.4) is 0 Å². The number of nitrogens with zero attached hydrogens (tertiary/aromatic N) is 2. The van der Waals surface area contributed by atoms with Gasteiger partial charge < -0.3 is 14.4 Å². The van der Waals surface area contributed by atoms with Crippen LogP contribution in [0.5, 0.6) is 0 Å². The number of para-hydroxylation sites is 1. The van der Waals surface area contributed by atoms with Crippen LogP contribution in [0.2, 0.25) is 0 Å². The van der Waals surface area contributed by atoms with Crippen molar-refractivity contribution in [2.45, 2.75) is 13.5 Å². The Balaban J connectivity index is 2.13. The molecule has 94 valence electrons. The van der Waals surface area contributed by atoms with E-state index in [0.717, 1.165) is 12.2 Å². The number of aromatic carboxylic acids is 1. The lowest BCUT2D eigenvalue weighted by molar-refractivity contribution is 0.0660. The molecule has 0 saturated carbocycles. The quantitative estimate of drug-likeness (QED) is 0.877. The Kier molecular flexibility index (Phi) is 3.62. The topological polar surface area (TPSA) is 66.6 Å². The zero-order valence-corrected chi connectivity index (χ0v) is 10.0. The number of oxazole rings is 1. The van der Waals surface area contributed by atoms with Gasteiger partial charge in [-0.15, -0.1) is 0 Å². The number of rotatable bonds is 5. The summed E-state index contributed by atoms with van der Waals surface area (Å²) in [5.41, 5.74) is 1.05. The molecule has 0 saturated heterocycles. The van der Waals surface area contributed by atoms with Gasteiger partial charge in [-0.05, 0) is 19.1 Å². The highest BCUT2D eigenvalue weighted by Gasteiger charge is 2.13. The van der Waals surface area contributed by atoms with E-state index in [2.05, 4.69) is 9.88 Å². The molecule has 0 amide bonds. The lowest BCUT2D eigenvalue weighted by Crippen LogP contribution is -2.21. The van der Waals surface area contributed by atoms with Crippen molar-refractivity contribution in [2.24, 2.45) is 0 Å². The van der Waals surface area contributed by atoms with Crippen LogP contribution in [0.4, 0.5) is 5.69 Å². The van der Waals surface area contributed by atoms with Crippen LogP contribution in [-0.2, 0) is 6.54 Å². The van der Waals surface area contributed by atoms with Crippen molar-refractivity contribution < 1.29 is 14.3 Å². The standard InChI is InChI=1S/C13H14N2O3/c1-2-15(10-6-4-3-5-7-10)9-12-14-8-11(18-12)13(16)17/h3-8H,2,9H2,1H3,(H,16,17). The van der Waals surface area contributed by atoms with Crippen LogP contribution in [0.1, 0.15) is 23.4 Å². The molecule has 1 aromatic carbocycles. The van der Waals surface area contributed by atoms with E-state index < -0.39 is 5.97 Å². The summed E-state index contributed by atoms with van der Waals surface area (Å²) < 4.78 is 5.15. The first-order valence-corrected chi connectivity index (χ1v) is 5.68. The van der Waals surface area contributed by atoms with Crippen LogP contribution in [0.15, 0.2) is 40.9 Å². The first-order valence-electron chi connectivity index (χ1n) is 5.68. The van der Waals surface area contributed by atoms with Crippen LogP contribution in [0, 0.1) is 0 Å². The van der Waals surface area contributed by atoms with Crippen LogP contribution in [-0.4, -0.2) is 22.6 Å². The summed E-state index contributed by atoms with van der Waals surface area (Å²) in [4.78, 5) is 16.7. The van der Waals surface area contributed by atoms with Crippen molar-refractivity contribution in [3.63, 3.8) is 0 Å². The minimum absolute atomic E-state index is 0.130. The largest absolute Gasteiger partial charge is 0.475 e. The molecule has 0 unspecified atom stereocenters. The van der Waals surface area contributed by atoms with Crippen molar-refractivity contribution in [2.75, 3.05) is 11.4 Å². The Morgan fingerprint density at radius 3 is 2.67 bits per heavy atom. The van der Waals surface area contributed by atoms with E-state index in [1.165, 1.54) is 6.20 Å². The van der Waals surface area contributed by atoms with Gasteiger partial charge in [0.1, 0.15) is 0 Å². The van der Waals surface area contributed by atoms with Gasteiger partial charge in [0.2, 0.25) is 11.7 Å². The molecule has 1 heterocycles. The van der Waals surface area contributed by atoms with E-state index in [-0.39, 0.29) is 5.76 Å². The molecule has 0 bridgehead atoms. The van der Waals surface area contributed by atoms with Gasteiger partial charge in [-0.25, -0.2) is 9.78 Å². The van der Waals surface area contributed by atoms with E-state index in [0.29, 0.717) is 12.4 Å². The molecule has 2 rings (SSSR count). The summed E-state index contributed by atoms with van der Waals surface area (Å²) in [6.07, 6.45) is 1.23. The van der Waals surface area contributed by atoms with Crippen LogP contribution >= 0.6 is 0 Å². The van der Waals surface area contributed by atoms with Gasteiger partial charge in [0.25, 0.3) is 0 Å². The second kappa shape index (κ2) is 5.35. The minimum Gasteiger partial charge on any atom is -0.475 e. The summed E-state index contributed by atoms with van der Waals surface area (Å²) in [5, 5.41) is 8.76. The third kappa shape index (κ3) is 2.68. The molecule has 1 aromatic heterocycles. The average Bonchev–Trinajstić information content (AvgIpc) is 2.86. The number of anilines is 1. The van der Waals surface area contributed by atoms with Gasteiger partial charge in [-0.3, -0.25) is 0 Å².